The summed E-state index contributed by atoms with van der Waals surface area (Å²) in [5.74, 6) is -0.727. The molecule has 0 aromatic carbocycles. The van der Waals surface area contributed by atoms with E-state index < -0.39 is 4.92 Å². The zero-order chi connectivity index (χ0) is 9.30. The molecule has 5 nitrogen and oxygen atoms in total. The molecule has 0 amide bonds. The first-order valence-corrected chi connectivity index (χ1v) is 4.03. The predicted octanol–water partition coefficient (Wildman–Crippen LogP) is 1.26. The van der Waals surface area contributed by atoms with Gasteiger partial charge in [-0.25, -0.2) is 0 Å². The lowest BCUT2D eigenvalue weighted by molar-refractivity contribution is -0.435. The summed E-state index contributed by atoms with van der Waals surface area (Å²) in [6.07, 6.45) is 1.64. The Morgan fingerprint density at radius 2 is 2.42 bits per heavy atom. The van der Waals surface area contributed by atoms with E-state index in [1.54, 1.807) is 13.0 Å². The number of halogens is 1. The van der Waals surface area contributed by atoms with Crippen molar-refractivity contribution in [2.24, 2.45) is 0 Å². The van der Waals surface area contributed by atoms with Gasteiger partial charge in [-0.2, -0.15) is 0 Å². The lowest BCUT2D eigenvalue weighted by atomic mass is 10.2. The molecule has 1 aliphatic heterocycles. The molecule has 0 spiro atoms. The van der Waals surface area contributed by atoms with Crippen LogP contribution >= 0.6 is 15.9 Å². The van der Waals surface area contributed by atoms with Gasteiger partial charge in [-0.15, -0.1) is 0 Å². The molecule has 1 aliphatic rings. The van der Waals surface area contributed by atoms with Crippen molar-refractivity contribution in [3.05, 3.63) is 32.3 Å². The van der Waals surface area contributed by atoms with Gasteiger partial charge in [0.25, 0.3) is 0 Å². The monoisotopic (exact) mass is 234 g/mol. The Balaban J connectivity index is 3.05. The van der Waals surface area contributed by atoms with Crippen molar-refractivity contribution in [3.8, 4) is 0 Å². The molecule has 1 atom stereocenters. The van der Waals surface area contributed by atoms with Crippen LogP contribution < -0.4 is 5.32 Å². The maximum Gasteiger partial charge on any atom is 0.359 e. The van der Waals surface area contributed by atoms with E-state index in [0.29, 0.717) is 4.48 Å². The Morgan fingerprint density at radius 1 is 1.83 bits per heavy atom. The quantitative estimate of drug-likeness (QED) is 0.529. The summed E-state index contributed by atoms with van der Waals surface area (Å²) in [6, 6.07) is -0.157. The summed E-state index contributed by atoms with van der Waals surface area (Å²) in [6.45, 7) is 1.75. The van der Waals surface area contributed by atoms with Gasteiger partial charge < -0.3 is 15.2 Å². The summed E-state index contributed by atoms with van der Waals surface area (Å²) in [5, 5.41) is 22.0. The minimum Gasteiger partial charge on any atom is -0.500 e. The topological polar surface area (TPSA) is 75.4 Å². The summed E-state index contributed by atoms with van der Waals surface area (Å²) in [7, 11) is 0. The van der Waals surface area contributed by atoms with Crippen LogP contribution in [0.25, 0.3) is 0 Å². The lowest BCUT2D eigenvalue weighted by Crippen LogP contribution is -2.32. The van der Waals surface area contributed by atoms with E-state index in [4.69, 9.17) is 0 Å². The maximum absolute atomic E-state index is 10.3. The molecule has 0 radical (unpaired) electrons. The molecule has 0 aromatic rings. The first kappa shape index (κ1) is 9.05. The van der Waals surface area contributed by atoms with Crippen LogP contribution in [-0.2, 0) is 0 Å². The molecule has 1 unspecified atom stereocenters. The first-order chi connectivity index (χ1) is 5.52. The Labute approximate surface area is 77.0 Å². The van der Waals surface area contributed by atoms with Crippen molar-refractivity contribution >= 4 is 15.9 Å². The normalized spacial score (nSPS) is 23.2. The number of nitro groups is 1. The third-order valence-electron chi connectivity index (χ3n) is 1.39. The van der Waals surface area contributed by atoms with Crippen LogP contribution in [0.3, 0.4) is 0 Å². The van der Waals surface area contributed by atoms with Gasteiger partial charge in [0.05, 0.1) is 4.48 Å². The molecule has 0 aliphatic carbocycles. The second kappa shape index (κ2) is 3.14. The smallest absolute Gasteiger partial charge is 0.359 e. The van der Waals surface area contributed by atoms with Gasteiger partial charge in [0.15, 0.2) is 0 Å². The number of hydrogen-bond donors (Lipinski definition) is 2. The van der Waals surface area contributed by atoms with Gasteiger partial charge in [0.2, 0.25) is 5.76 Å². The molecule has 1 rings (SSSR count). The van der Waals surface area contributed by atoms with Crippen LogP contribution in [0.1, 0.15) is 6.92 Å². The third-order valence-corrected chi connectivity index (χ3v) is 2.03. The molecule has 0 bridgehead atoms. The average molecular weight is 235 g/mol. The number of allylic oxidation sites excluding steroid dienone is 1. The van der Waals surface area contributed by atoms with E-state index in [9.17, 15) is 15.2 Å². The molecule has 6 heteroatoms. The second-order valence-electron chi connectivity index (χ2n) is 2.40. The molecule has 66 valence electrons. The van der Waals surface area contributed by atoms with E-state index in [-0.39, 0.29) is 17.6 Å². The van der Waals surface area contributed by atoms with Crippen molar-refractivity contribution in [3.63, 3.8) is 0 Å². The zero-order valence-corrected chi connectivity index (χ0v) is 7.83. The first-order valence-electron chi connectivity index (χ1n) is 3.24. The second-order valence-corrected chi connectivity index (χ2v) is 3.26. The molecule has 1 heterocycles. The van der Waals surface area contributed by atoms with Gasteiger partial charge in [-0.1, -0.05) is 0 Å². The van der Waals surface area contributed by atoms with Crippen LogP contribution in [0.15, 0.2) is 22.1 Å². The highest BCUT2D eigenvalue weighted by Gasteiger charge is 2.25. The highest BCUT2D eigenvalue weighted by atomic mass is 79.9. The SMILES string of the molecule is CC1C=C(Br)C(O)=C([N+](=O)[O-])N1. The fourth-order valence-electron chi connectivity index (χ4n) is 0.876. The maximum atomic E-state index is 10.3. The van der Waals surface area contributed by atoms with Gasteiger partial charge in [-0.3, -0.25) is 5.32 Å². The summed E-state index contributed by atoms with van der Waals surface area (Å²) in [4.78, 5) is 9.68. The van der Waals surface area contributed by atoms with Gasteiger partial charge in [0.1, 0.15) is 6.04 Å². The molecule has 2 N–H and O–H groups in total. The molecular formula is C6H7BrN2O3. The fraction of sp³-hybridized carbons (Fsp3) is 0.333. The molecule has 0 fully saturated rings. The Hall–Kier alpha value is -1.04. The number of aliphatic hydroxyl groups is 1. The molecule has 0 aromatic heterocycles. The van der Waals surface area contributed by atoms with Gasteiger partial charge >= 0.3 is 5.82 Å². The van der Waals surface area contributed by atoms with E-state index in [1.807, 2.05) is 0 Å². The van der Waals surface area contributed by atoms with Crippen molar-refractivity contribution in [2.45, 2.75) is 13.0 Å². The van der Waals surface area contributed by atoms with Crippen molar-refractivity contribution in [1.82, 2.24) is 5.32 Å². The number of rotatable bonds is 1. The van der Waals surface area contributed by atoms with Gasteiger partial charge in [-0.05, 0) is 33.9 Å². The summed E-state index contributed by atoms with van der Waals surface area (Å²) in [5.41, 5.74) is 0. The number of dihydropyridines is 1. The van der Waals surface area contributed by atoms with E-state index in [1.165, 1.54) is 0 Å². The molecular weight excluding hydrogens is 228 g/mol. The largest absolute Gasteiger partial charge is 0.500 e. The van der Waals surface area contributed by atoms with Crippen LogP contribution in [-0.4, -0.2) is 16.1 Å². The van der Waals surface area contributed by atoms with Crippen LogP contribution in [0.4, 0.5) is 0 Å². The van der Waals surface area contributed by atoms with Crippen LogP contribution in [0.2, 0.25) is 0 Å². The van der Waals surface area contributed by atoms with Crippen molar-refractivity contribution in [1.29, 1.82) is 0 Å². The zero-order valence-electron chi connectivity index (χ0n) is 6.24. The molecule has 0 saturated heterocycles. The minimum absolute atomic E-state index is 0.157. The molecule has 12 heavy (non-hydrogen) atoms. The Morgan fingerprint density at radius 3 is 2.92 bits per heavy atom. The van der Waals surface area contributed by atoms with Crippen molar-refractivity contribution in [2.75, 3.05) is 0 Å². The van der Waals surface area contributed by atoms with Gasteiger partial charge in [0, 0.05) is 0 Å². The average Bonchev–Trinajstić information content (AvgIpc) is 1.96. The lowest BCUT2D eigenvalue weighted by Gasteiger charge is -2.14. The van der Waals surface area contributed by atoms with Crippen LogP contribution in [0, 0.1) is 10.1 Å². The molecule has 0 saturated carbocycles. The standard InChI is InChI=1S/C6H7BrN2O3/c1-3-2-4(7)5(10)6(8-3)9(11)12/h2-3,8,10H,1H3. The van der Waals surface area contributed by atoms with E-state index in [2.05, 4.69) is 21.2 Å². The third kappa shape index (κ3) is 1.58. The van der Waals surface area contributed by atoms with Crippen LogP contribution in [0.5, 0.6) is 0 Å². The highest BCUT2D eigenvalue weighted by Crippen LogP contribution is 2.22. The van der Waals surface area contributed by atoms with E-state index >= 15 is 0 Å². The van der Waals surface area contributed by atoms with E-state index in [0.717, 1.165) is 0 Å². The number of nitrogens with one attached hydrogen (secondary N) is 1. The number of nitrogens with zero attached hydrogens (tertiary/aromatic N) is 1. The number of hydrogen-bond acceptors (Lipinski definition) is 4. The fourth-order valence-corrected chi connectivity index (χ4v) is 1.46. The summed E-state index contributed by atoms with van der Waals surface area (Å²) < 4.78 is 0.348. The minimum atomic E-state index is -0.653. The Bertz CT molecular complexity index is 285. The van der Waals surface area contributed by atoms with Crippen molar-refractivity contribution < 1.29 is 10.0 Å². The number of aliphatic hydroxyl groups excluding tert-OH is 1. The summed E-state index contributed by atoms with van der Waals surface area (Å²) >= 11 is 3.01. The predicted molar refractivity (Wildman–Crippen MR) is 46.3 cm³/mol. The Kier molecular flexibility index (Phi) is 2.37. The highest BCUT2D eigenvalue weighted by molar-refractivity contribution is 9.11.